The Bertz CT molecular complexity index is 743. The molecule has 0 radical (unpaired) electrons. The molecule has 0 unspecified atom stereocenters. The highest BCUT2D eigenvalue weighted by molar-refractivity contribution is 6.84. The van der Waals surface area contributed by atoms with Crippen LogP contribution in [0.1, 0.15) is 23.0 Å². The van der Waals surface area contributed by atoms with Gasteiger partial charge in [-0.2, -0.15) is 0 Å². The lowest BCUT2D eigenvalue weighted by atomic mass is 9.82. The van der Waals surface area contributed by atoms with Crippen molar-refractivity contribution in [2.24, 2.45) is 0 Å². The largest absolute Gasteiger partial charge is 0.131 e. The number of rotatable bonds is 3. The summed E-state index contributed by atoms with van der Waals surface area (Å²) in [5, 5.41) is 0. The molecule has 0 aliphatic heterocycles. The van der Waals surface area contributed by atoms with Gasteiger partial charge in [0.15, 0.2) is 0 Å². The van der Waals surface area contributed by atoms with Crippen LogP contribution in [-0.4, -0.2) is 16.1 Å². The Balaban J connectivity index is 2.60. The molecule has 0 amide bonds. The van der Waals surface area contributed by atoms with Crippen LogP contribution in [0.15, 0.2) is 60.7 Å². The summed E-state index contributed by atoms with van der Waals surface area (Å²) in [4.78, 5) is 0. The third kappa shape index (κ3) is 6.72. The molecular weight excluding hydrogens is 344 g/mol. The van der Waals surface area contributed by atoms with Gasteiger partial charge in [-0.15, -0.1) is 22.9 Å². The Kier molecular flexibility index (Phi) is 6.71. The molecule has 0 bridgehead atoms. The lowest BCUT2D eigenvalue weighted by molar-refractivity contribution is 0.781. The number of hydrogen-bond donors (Lipinski definition) is 0. The van der Waals surface area contributed by atoms with Gasteiger partial charge in [-0.1, -0.05) is 99.9 Å². The van der Waals surface area contributed by atoms with E-state index in [1.165, 1.54) is 11.1 Å². The Labute approximate surface area is 162 Å². The van der Waals surface area contributed by atoms with Gasteiger partial charge >= 0.3 is 0 Å². The van der Waals surface area contributed by atoms with Gasteiger partial charge in [-0.05, 0) is 11.1 Å². The highest BCUT2D eigenvalue weighted by Crippen LogP contribution is 2.32. The smallest absolute Gasteiger partial charge is 0.129 e. The first-order chi connectivity index (χ1) is 12.2. The van der Waals surface area contributed by atoms with Crippen LogP contribution in [0.2, 0.25) is 39.3 Å². The van der Waals surface area contributed by atoms with Crippen molar-refractivity contribution in [3.8, 4) is 22.9 Å². The van der Waals surface area contributed by atoms with E-state index in [0.29, 0.717) is 0 Å². The second-order valence-electron chi connectivity index (χ2n) is 8.82. The molecule has 0 spiro atoms. The first kappa shape index (κ1) is 20.3. The maximum atomic E-state index is 3.64. The minimum Gasteiger partial charge on any atom is -0.131 e. The van der Waals surface area contributed by atoms with E-state index in [2.05, 4.69) is 123 Å². The minimum atomic E-state index is -1.46. The summed E-state index contributed by atoms with van der Waals surface area (Å²) in [5.74, 6) is 7.48. The van der Waals surface area contributed by atoms with E-state index >= 15 is 0 Å². The fraction of sp³-hybridized carbons (Fsp3) is 0.333. The lowest BCUT2D eigenvalue weighted by Gasteiger charge is -2.21. The molecule has 0 nitrogen and oxygen atoms in total. The standard InChI is InChI=1S/C24H30Si2/c1-25(2,3)19-17-23(21-13-9-7-10-14-21)24(18-20-26(4,5)6)22-15-11-8-12-16-22/h7-16,23-24H,1-6H3/t23-,24-/m1/s1. The molecule has 2 atom stereocenters. The first-order valence-corrected chi connectivity index (χ1v) is 16.3. The maximum absolute atomic E-state index is 3.64. The highest BCUT2D eigenvalue weighted by atomic mass is 28.3. The van der Waals surface area contributed by atoms with Crippen molar-refractivity contribution in [2.75, 3.05) is 0 Å². The van der Waals surface area contributed by atoms with E-state index in [-0.39, 0.29) is 11.8 Å². The molecule has 2 aromatic rings. The number of hydrogen-bond acceptors (Lipinski definition) is 0. The van der Waals surface area contributed by atoms with Crippen LogP contribution < -0.4 is 0 Å². The molecule has 0 N–H and O–H groups in total. The van der Waals surface area contributed by atoms with Crippen LogP contribution in [-0.2, 0) is 0 Å². The molecule has 0 heterocycles. The van der Waals surface area contributed by atoms with Gasteiger partial charge in [0.2, 0.25) is 0 Å². The third-order valence-electron chi connectivity index (χ3n) is 3.86. The van der Waals surface area contributed by atoms with Crippen LogP contribution in [0.5, 0.6) is 0 Å². The molecule has 0 saturated heterocycles. The van der Waals surface area contributed by atoms with E-state index in [0.717, 1.165) is 0 Å². The van der Waals surface area contributed by atoms with Gasteiger partial charge in [0.1, 0.15) is 16.1 Å². The molecule has 0 aromatic heterocycles. The lowest BCUT2D eigenvalue weighted by Crippen LogP contribution is -2.19. The molecule has 134 valence electrons. The van der Waals surface area contributed by atoms with Gasteiger partial charge < -0.3 is 0 Å². The van der Waals surface area contributed by atoms with Crippen molar-refractivity contribution < 1.29 is 0 Å². The average molecular weight is 375 g/mol. The molecule has 0 aliphatic carbocycles. The quantitative estimate of drug-likeness (QED) is 0.436. The van der Waals surface area contributed by atoms with Crippen LogP contribution >= 0.6 is 0 Å². The molecule has 2 aromatic carbocycles. The van der Waals surface area contributed by atoms with Crippen molar-refractivity contribution in [3.05, 3.63) is 71.8 Å². The predicted octanol–water partition coefficient (Wildman–Crippen LogP) is 6.32. The molecular formula is C24H30Si2. The van der Waals surface area contributed by atoms with Gasteiger partial charge in [0.25, 0.3) is 0 Å². The fourth-order valence-corrected chi connectivity index (χ4v) is 3.80. The normalized spacial score (nSPS) is 13.6. The summed E-state index contributed by atoms with van der Waals surface area (Å²) < 4.78 is 0. The molecule has 2 heteroatoms. The summed E-state index contributed by atoms with van der Waals surface area (Å²) in [6.07, 6.45) is 0. The topological polar surface area (TPSA) is 0 Å². The molecule has 0 saturated carbocycles. The van der Waals surface area contributed by atoms with Gasteiger partial charge in [0, 0.05) is 0 Å². The molecule has 0 fully saturated rings. The molecule has 2 rings (SSSR count). The van der Waals surface area contributed by atoms with E-state index in [9.17, 15) is 0 Å². The monoisotopic (exact) mass is 374 g/mol. The van der Waals surface area contributed by atoms with Crippen molar-refractivity contribution in [2.45, 2.75) is 51.1 Å². The molecule has 26 heavy (non-hydrogen) atoms. The van der Waals surface area contributed by atoms with Crippen LogP contribution in [0.4, 0.5) is 0 Å². The van der Waals surface area contributed by atoms with Gasteiger partial charge in [-0.25, -0.2) is 0 Å². The Morgan fingerprint density at radius 2 is 0.846 bits per heavy atom. The SMILES string of the molecule is C[Si](C)(C)C#C[C@H](c1ccccc1)[C@H](C#C[Si](C)(C)C)c1ccccc1. The first-order valence-electron chi connectivity index (χ1n) is 9.31. The van der Waals surface area contributed by atoms with E-state index < -0.39 is 16.1 Å². The zero-order valence-electron chi connectivity index (χ0n) is 16.9. The summed E-state index contributed by atoms with van der Waals surface area (Å²) in [6.45, 7) is 13.8. The fourth-order valence-electron chi connectivity index (χ4n) is 2.63. The zero-order chi connectivity index (χ0) is 19.2. The molecule has 0 aliphatic rings. The van der Waals surface area contributed by atoms with Gasteiger partial charge in [-0.3, -0.25) is 0 Å². The van der Waals surface area contributed by atoms with E-state index in [4.69, 9.17) is 0 Å². The summed E-state index contributed by atoms with van der Waals surface area (Å²) in [7, 11) is -2.92. The Hall–Kier alpha value is -2.01. The summed E-state index contributed by atoms with van der Waals surface area (Å²) in [6, 6.07) is 21.3. The predicted molar refractivity (Wildman–Crippen MR) is 121 cm³/mol. The third-order valence-corrected chi connectivity index (χ3v) is 5.64. The van der Waals surface area contributed by atoms with Crippen LogP contribution in [0, 0.1) is 22.9 Å². The second-order valence-corrected chi connectivity index (χ2v) is 18.3. The van der Waals surface area contributed by atoms with Crippen molar-refractivity contribution in [1.29, 1.82) is 0 Å². The van der Waals surface area contributed by atoms with Crippen molar-refractivity contribution >= 4 is 16.1 Å². The average Bonchev–Trinajstić information content (AvgIpc) is 2.57. The Morgan fingerprint density at radius 1 is 0.538 bits per heavy atom. The maximum Gasteiger partial charge on any atom is 0.129 e. The Morgan fingerprint density at radius 3 is 1.12 bits per heavy atom. The number of benzene rings is 2. The van der Waals surface area contributed by atoms with Crippen LogP contribution in [0.3, 0.4) is 0 Å². The second kappa shape index (κ2) is 8.59. The summed E-state index contributed by atoms with van der Waals surface area (Å²) >= 11 is 0. The van der Waals surface area contributed by atoms with Gasteiger partial charge in [0.05, 0.1) is 11.8 Å². The van der Waals surface area contributed by atoms with Crippen molar-refractivity contribution in [1.82, 2.24) is 0 Å². The van der Waals surface area contributed by atoms with E-state index in [1.54, 1.807) is 0 Å². The van der Waals surface area contributed by atoms with Crippen molar-refractivity contribution in [3.63, 3.8) is 0 Å². The highest BCUT2D eigenvalue weighted by Gasteiger charge is 2.23. The zero-order valence-corrected chi connectivity index (χ0v) is 18.9. The summed E-state index contributed by atoms with van der Waals surface area (Å²) in [5.41, 5.74) is 9.72. The minimum absolute atomic E-state index is 0.106. The van der Waals surface area contributed by atoms with E-state index in [1.807, 2.05) is 0 Å². The van der Waals surface area contributed by atoms with Crippen LogP contribution in [0.25, 0.3) is 0 Å².